The highest BCUT2D eigenvalue weighted by molar-refractivity contribution is 6.30. The van der Waals surface area contributed by atoms with Gasteiger partial charge in [-0.05, 0) is 24.6 Å². The van der Waals surface area contributed by atoms with Crippen molar-refractivity contribution < 1.29 is 15.0 Å². The summed E-state index contributed by atoms with van der Waals surface area (Å²) >= 11 is 5.79. The zero-order chi connectivity index (χ0) is 11.5. The third-order valence-corrected chi connectivity index (χ3v) is 2.40. The molecule has 0 bridgehead atoms. The minimum Gasteiger partial charge on any atom is -0.465 e. The number of hydrogen-bond acceptors (Lipinski definition) is 2. The van der Waals surface area contributed by atoms with Crippen LogP contribution in [0.3, 0.4) is 0 Å². The predicted molar refractivity (Wildman–Crippen MR) is 57.1 cm³/mol. The molecule has 0 spiro atoms. The van der Waals surface area contributed by atoms with Crippen molar-refractivity contribution in [1.29, 1.82) is 0 Å². The van der Waals surface area contributed by atoms with E-state index in [0.717, 1.165) is 0 Å². The Balaban J connectivity index is 3.05. The van der Waals surface area contributed by atoms with Crippen LogP contribution >= 0.6 is 11.6 Å². The van der Waals surface area contributed by atoms with Crippen LogP contribution in [-0.4, -0.2) is 22.9 Å². The zero-order valence-electron chi connectivity index (χ0n) is 8.20. The number of nitrogens with one attached hydrogen (secondary N) is 1. The highest BCUT2D eigenvalue weighted by atomic mass is 35.5. The third-order valence-electron chi connectivity index (χ3n) is 2.16. The summed E-state index contributed by atoms with van der Waals surface area (Å²) < 4.78 is 0. The molecule has 1 amide bonds. The van der Waals surface area contributed by atoms with Crippen molar-refractivity contribution in [3.63, 3.8) is 0 Å². The molecule has 5 heteroatoms. The van der Waals surface area contributed by atoms with Gasteiger partial charge in [0.15, 0.2) is 0 Å². The zero-order valence-corrected chi connectivity index (χ0v) is 8.95. The smallest absolute Gasteiger partial charge is 0.405 e. The van der Waals surface area contributed by atoms with E-state index in [9.17, 15) is 9.90 Å². The Morgan fingerprint density at radius 3 is 2.73 bits per heavy atom. The number of aliphatic hydroxyl groups is 1. The Morgan fingerprint density at radius 1 is 1.60 bits per heavy atom. The minimum absolute atomic E-state index is 0.334. The van der Waals surface area contributed by atoms with Gasteiger partial charge in [0, 0.05) is 5.02 Å². The predicted octanol–water partition coefficient (Wildman–Crippen LogP) is 1.82. The fourth-order valence-electron chi connectivity index (χ4n) is 1.27. The van der Waals surface area contributed by atoms with E-state index >= 15 is 0 Å². The van der Waals surface area contributed by atoms with Crippen molar-refractivity contribution in [2.24, 2.45) is 0 Å². The number of halogens is 1. The van der Waals surface area contributed by atoms with E-state index in [1.165, 1.54) is 0 Å². The van der Waals surface area contributed by atoms with Crippen molar-refractivity contribution in [2.75, 3.05) is 6.61 Å². The molecule has 0 fully saturated rings. The van der Waals surface area contributed by atoms with Gasteiger partial charge in [-0.2, -0.15) is 0 Å². The molecule has 3 N–H and O–H groups in total. The molecule has 1 unspecified atom stereocenters. The summed E-state index contributed by atoms with van der Waals surface area (Å²) in [6.07, 6.45) is -1.19. The van der Waals surface area contributed by atoms with Crippen molar-refractivity contribution in [3.05, 3.63) is 34.9 Å². The van der Waals surface area contributed by atoms with Crippen LogP contribution in [0.25, 0.3) is 0 Å². The van der Waals surface area contributed by atoms with E-state index < -0.39 is 11.6 Å². The SMILES string of the molecule is CC(CO)(NC(=O)O)c1cccc(Cl)c1. The second kappa shape index (κ2) is 4.51. The fraction of sp³-hybridized carbons (Fsp3) is 0.300. The normalized spacial score (nSPS) is 14.3. The molecule has 0 saturated heterocycles. The number of aliphatic hydroxyl groups excluding tert-OH is 1. The number of amides is 1. The quantitative estimate of drug-likeness (QED) is 0.741. The molecule has 1 aromatic carbocycles. The highest BCUT2D eigenvalue weighted by Crippen LogP contribution is 2.23. The van der Waals surface area contributed by atoms with Gasteiger partial charge in [-0.1, -0.05) is 23.7 Å². The molecule has 1 aromatic rings. The van der Waals surface area contributed by atoms with Gasteiger partial charge < -0.3 is 15.5 Å². The lowest BCUT2D eigenvalue weighted by Crippen LogP contribution is -2.45. The molecule has 0 aliphatic heterocycles. The first-order valence-corrected chi connectivity index (χ1v) is 4.74. The maximum absolute atomic E-state index is 10.6. The van der Waals surface area contributed by atoms with Crippen LogP contribution in [0, 0.1) is 0 Å². The van der Waals surface area contributed by atoms with Crippen LogP contribution in [0.2, 0.25) is 5.02 Å². The van der Waals surface area contributed by atoms with Crippen molar-refractivity contribution in [1.82, 2.24) is 5.32 Å². The molecular formula is C10H12ClNO3. The van der Waals surface area contributed by atoms with E-state index in [0.29, 0.717) is 10.6 Å². The first kappa shape index (κ1) is 11.8. The van der Waals surface area contributed by atoms with Gasteiger partial charge in [-0.3, -0.25) is 0 Å². The van der Waals surface area contributed by atoms with Crippen molar-refractivity contribution >= 4 is 17.7 Å². The maximum Gasteiger partial charge on any atom is 0.405 e. The van der Waals surface area contributed by atoms with Crippen molar-refractivity contribution in [2.45, 2.75) is 12.5 Å². The van der Waals surface area contributed by atoms with Crippen LogP contribution in [0.15, 0.2) is 24.3 Å². The lowest BCUT2D eigenvalue weighted by molar-refractivity contribution is 0.146. The van der Waals surface area contributed by atoms with Crippen LogP contribution in [0.1, 0.15) is 12.5 Å². The summed E-state index contributed by atoms with van der Waals surface area (Å²) in [6.45, 7) is 1.26. The summed E-state index contributed by atoms with van der Waals surface area (Å²) in [5.74, 6) is 0. The first-order valence-electron chi connectivity index (χ1n) is 4.36. The lowest BCUT2D eigenvalue weighted by atomic mass is 9.93. The number of hydrogen-bond donors (Lipinski definition) is 3. The standard InChI is InChI=1S/C10H12ClNO3/c1-10(6-13,12-9(14)15)7-3-2-4-8(11)5-7/h2-5,12-13H,6H2,1H3,(H,14,15). The van der Waals surface area contributed by atoms with E-state index in [1.807, 2.05) is 0 Å². The summed E-state index contributed by atoms with van der Waals surface area (Å²) in [6, 6.07) is 6.71. The van der Waals surface area contributed by atoms with Crippen molar-refractivity contribution in [3.8, 4) is 0 Å². The van der Waals surface area contributed by atoms with Gasteiger partial charge >= 0.3 is 6.09 Å². The lowest BCUT2D eigenvalue weighted by Gasteiger charge is -2.27. The number of benzene rings is 1. The van der Waals surface area contributed by atoms with Gasteiger partial charge in [0.25, 0.3) is 0 Å². The molecule has 1 rings (SSSR count). The molecule has 82 valence electrons. The molecule has 1 atom stereocenters. The summed E-state index contributed by atoms with van der Waals surface area (Å²) in [4.78, 5) is 10.6. The summed E-state index contributed by atoms with van der Waals surface area (Å²) in [5, 5.41) is 20.6. The Hall–Kier alpha value is -1.26. The molecule has 15 heavy (non-hydrogen) atoms. The van der Waals surface area contributed by atoms with Crippen LogP contribution in [0.4, 0.5) is 4.79 Å². The number of carboxylic acid groups (broad SMARTS) is 1. The summed E-state index contributed by atoms with van der Waals surface area (Å²) in [5.41, 5.74) is -0.406. The van der Waals surface area contributed by atoms with E-state index in [2.05, 4.69) is 5.32 Å². The monoisotopic (exact) mass is 229 g/mol. The first-order chi connectivity index (χ1) is 6.98. The largest absolute Gasteiger partial charge is 0.465 e. The van der Waals surface area contributed by atoms with E-state index in [-0.39, 0.29) is 6.61 Å². The Labute approximate surface area is 92.5 Å². The molecule has 0 saturated carbocycles. The van der Waals surface area contributed by atoms with Crippen LogP contribution in [-0.2, 0) is 5.54 Å². The van der Waals surface area contributed by atoms with Gasteiger partial charge in [0.1, 0.15) is 0 Å². The molecule has 0 aliphatic carbocycles. The van der Waals surface area contributed by atoms with Gasteiger partial charge in [-0.25, -0.2) is 4.79 Å². The Morgan fingerprint density at radius 2 is 2.27 bits per heavy atom. The van der Waals surface area contributed by atoms with Crippen LogP contribution < -0.4 is 5.32 Å². The molecule has 0 heterocycles. The van der Waals surface area contributed by atoms with Gasteiger partial charge in [0.05, 0.1) is 12.1 Å². The van der Waals surface area contributed by atoms with E-state index in [1.54, 1.807) is 31.2 Å². The molecule has 4 nitrogen and oxygen atoms in total. The van der Waals surface area contributed by atoms with Crippen LogP contribution in [0.5, 0.6) is 0 Å². The maximum atomic E-state index is 10.6. The Kier molecular flexibility index (Phi) is 3.55. The number of rotatable bonds is 3. The second-order valence-corrected chi connectivity index (χ2v) is 3.87. The van der Waals surface area contributed by atoms with E-state index in [4.69, 9.17) is 16.7 Å². The molecule has 0 aliphatic rings. The molecular weight excluding hydrogens is 218 g/mol. The molecule has 0 radical (unpaired) electrons. The Bertz CT molecular complexity index is 369. The van der Waals surface area contributed by atoms with Gasteiger partial charge in [0.2, 0.25) is 0 Å². The second-order valence-electron chi connectivity index (χ2n) is 3.43. The molecule has 0 aromatic heterocycles. The minimum atomic E-state index is -1.19. The average Bonchev–Trinajstić information content (AvgIpc) is 2.16. The third kappa shape index (κ3) is 2.84. The summed E-state index contributed by atoms with van der Waals surface area (Å²) in [7, 11) is 0. The number of carbonyl (C=O) groups is 1. The van der Waals surface area contributed by atoms with Gasteiger partial charge in [-0.15, -0.1) is 0 Å². The highest BCUT2D eigenvalue weighted by Gasteiger charge is 2.27. The fourth-order valence-corrected chi connectivity index (χ4v) is 1.46. The topological polar surface area (TPSA) is 69.6 Å². The average molecular weight is 230 g/mol.